The predicted molar refractivity (Wildman–Crippen MR) is 83.5 cm³/mol. The number of nitrogens with zero attached hydrogens (tertiary/aromatic N) is 1. The van der Waals surface area contributed by atoms with Crippen molar-refractivity contribution in [3.05, 3.63) is 47.2 Å². The minimum absolute atomic E-state index is 0.0181. The number of rotatable bonds is 2. The van der Waals surface area contributed by atoms with E-state index >= 15 is 0 Å². The molecule has 2 aromatic rings. The molecule has 1 aromatic carbocycles. The average molecular weight is 304 g/mol. The van der Waals surface area contributed by atoms with Gasteiger partial charge in [0.25, 0.3) is 5.91 Å². The van der Waals surface area contributed by atoms with Gasteiger partial charge in [-0.05, 0) is 50.5 Å². The molecule has 4 heteroatoms. The molecule has 21 heavy (non-hydrogen) atoms. The lowest BCUT2D eigenvalue weighted by atomic mass is 10.0. The van der Waals surface area contributed by atoms with Gasteiger partial charge in [0, 0.05) is 23.2 Å². The number of hydrogen-bond acceptors (Lipinski definition) is 2. The number of halogens is 1. The summed E-state index contributed by atoms with van der Waals surface area (Å²) in [6.45, 7) is 2.91. The zero-order valence-corrected chi connectivity index (χ0v) is 12.8. The van der Waals surface area contributed by atoms with Gasteiger partial charge in [0.15, 0.2) is 5.76 Å². The summed E-state index contributed by atoms with van der Waals surface area (Å²) < 4.78 is 5.74. The lowest BCUT2D eigenvalue weighted by Crippen LogP contribution is -2.41. The summed E-state index contributed by atoms with van der Waals surface area (Å²) in [6.07, 6.45) is 3.32. The zero-order chi connectivity index (χ0) is 14.8. The summed E-state index contributed by atoms with van der Waals surface area (Å²) in [6, 6.07) is 11.3. The fourth-order valence-electron chi connectivity index (χ4n) is 2.79. The van der Waals surface area contributed by atoms with Crippen LogP contribution in [0.2, 0.25) is 5.02 Å². The number of benzene rings is 1. The summed E-state index contributed by atoms with van der Waals surface area (Å²) in [5.74, 6) is 1.06. The Balaban J connectivity index is 1.83. The molecule has 0 aliphatic carbocycles. The number of likely N-dealkylation sites (tertiary alicyclic amines) is 1. The number of piperidine rings is 1. The van der Waals surface area contributed by atoms with Crippen molar-refractivity contribution in [2.45, 2.75) is 32.2 Å². The van der Waals surface area contributed by atoms with Crippen molar-refractivity contribution in [1.29, 1.82) is 0 Å². The number of hydrogen-bond donors (Lipinski definition) is 0. The van der Waals surface area contributed by atoms with Gasteiger partial charge < -0.3 is 9.32 Å². The molecule has 0 spiro atoms. The molecule has 1 fully saturated rings. The van der Waals surface area contributed by atoms with Crippen molar-refractivity contribution in [2.75, 3.05) is 6.54 Å². The zero-order valence-electron chi connectivity index (χ0n) is 12.0. The normalized spacial score (nSPS) is 18.8. The van der Waals surface area contributed by atoms with Crippen LogP contribution in [0, 0.1) is 0 Å². The van der Waals surface area contributed by atoms with E-state index in [-0.39, 0.29) is 11.9 Å². The van der Waals surface area contributed by atoms with E-state index in [1.165, 1.54) is 6.42 Å². The minimum Gasteiger partial charge on any atom is -0.451 e. The molecule has 1 aliphatic rings. The van der Waals surface area contributed by atoms with Crippen LogP contribution in [0.1, 0.15) is 36.7 Å². The molecule has 0 radical (unpaired) electrons. The Morgan fingerprint density at radius 1 is 1.29 bits per heavy atom. The van der Waals surface area contributed by atoms with Crippen LogP contribution < -0.4 is 0 Å². The Labute approximate surface area is 129 Å². The van der Waals surface area contributed by atoms with E-state index in [1.807, 2.05) is 35.2 Å². The van der Waals surface area contributed by atoms with Crippen LogP contribution in [-0.2, 0) is 0 Å². The monoisotopic (exact) mass is 303 g/mol. The minimum atomic E-state index is -0.0181. The van der Waals surface area contributed by atoms with Crippen LogP contribution in [0.25, 0.3) is 11.3 Å². The molecule has 1 aromatic heterocycles. The van der Waals surface area contributed by atoms with E-state index in [1.54, 1.807) is 6.07 Å². The lowest BCUT2D eigenvalue weighted by Gasteiger charge is -2.32. The number of furan rings is 1. The molecular weight excluding hydrogens is 286 g/mol. The van der Waals surface area contributed by atoms with E-state index in [0.717, 1.165) is 24.9 Å². The van der Waals surface area contributed by atoms with Gasteiger partial charge in [-0.3, -0.25) is 4.79 Å². The molecule has 1 amide bonds. The summed E-state index contributed by atoms with van der Waals surface area (Å²) >= 11 is 5.99. The fourth-order valence-corrected chi connectivity index (χ4v) is 2.98. The van der Waals surface area contributed by atoms with Gasteiger partial charge in [-0.2, -0.15) is 0 Å². The Kier molecular flexibility index (Phi) is 4.02. The van der Waals surface area contributed by atoms with E-state index in [9.17, 15) is 4.79 Å². The Morgan fingerprint density at radius 2 is 2.14 bits per heavy atom. The van der Waals surface area contributed by atoms with E-state index < -0.39 is 0 Å². The van der Waals surface area contributed by atoms with Gasteiger partial charge in [-0.25, -0.2) is 0 Å². The first-order chi connectivity index (χ1) is 10.1. The number of amides is 1. The van der Waals surface area contributed by atoms with Gasteiger partial charge >= 0.3 is 0 Å². The predicted octanol–water partition coefficient (Wildman–Crippen LogP) is 4.61. The van der Waals surface area contributed by atoms with Crippen LogP contribution in [-0.4, -0.2) is 23.4 Å². The Hall–Kier alpha value is -1.74. The van der Waals surface area contributed by atoms with E-state index in [4.69, 9.17) is 16.0 Å². The molecule has 2 heterocycles. The highest BCUT2D eigenvalue weighted by atomic mass is 35.5. The first kappa shape index (κ1) is 14.2. The van der Waals surface area contributed by atoms with Gasteiger partial charge in [-0.1, -0.05) is 23.7 Å². The van der Waals surface area contributed by atoms with Gasteiger partial charge in [0.2, 0.25) is 0 Å². The summed E-state index contributed by atoms with van der Waals surface area (Å²) in [4.78, 5) is 14.4. The van der Waals surface area contributed by atoms with Crippen LogP contribution in [0.3, 0.4) is 0 Å². The van der Waals surface area contributed by atoms with Gasteiger partial charge in [0.05, 0.1) is 0 Å². The third kappa shape index (κ3) is 2.98. The van der Waals surface area contributed by atoms with Gasteiger partial charge in [0.1, 0.15) is 5.76 Å². The molecule has 1 saturated heterocycles. The van der Waals surface area contributed by atoms with Crippen molar-refractivity contribution in [2.24, 2.45) is 0 Å². The highest BCUT2D eigenvalue weighted by Crippen LogP contribution is 2.26. The maximum atomic E-state index is 12.5. The highest BCUT2D eigenvalue weighted by molar-refractivity contribution is 6.30. The maximum absolute atomic E-state index is 12.5. The molecule has 110 valence electrons. The van der Waals surface area contributed by atoms with Gasteiger partial charge in [-0.15, -0.1) is 0 Å². The third-order valence-electron chi connectivity index (χ3n) is 3.99. The molecule has 3 rings (SSSR count). The Bertz CT molecular complexity index is 650. The van der Waals surface area contributed by atoms with Crippen molar-refractivity contribution in [1.82, 2.24) is 4.90 Å². The first-order valence-electron chi connectivity index (χ1n) is 7.32. The molecule has 0 saturated carbocycles. The topological polar surface area (TPSA) is 33.5 Å². The number of carbonyl (C=O) groups excluding carboxylic acids is 1. The second-order valence-corrected chi connectivity index (χ2v) is 5.95. The molecule has 0 N–H and O–H groups in total. The smallest absolute Gasteiger partial charge is 0.289 e. The molecule has 1 unspecified atom stereocenters. The number of carbonyl (C=O) groups is 1. The standard InChI is InChI=1S/C17H18ClNO2/c1-12-5-2-3-10-19(12)17(20)16-9-8-15(21-16)13-6-4-7-14(18)11-13/h4,6-9,11-12H,2-3,5,10H2,1H3. The molecular formula is C17H18ClNO2. The van der Waals surface area contributed by atoms with Crippen molar-refractivity contribution >= 4 is 17.5 Å². The quantitative estimate of drug-likeness (QED) is 0.811. The fraction of sp³-hybridized carbons (Fsp3) is 0.353. The highest BCUT2D eigenvalue weighted by Gasteiger charge is 2.26. The second-order valence-electron chi connectivity index (χ2n) is 5.52. The third-order valence-corrected chi connectivity index (χ3v) is 4.22. The van der Waals surface area contributed by atoms with E-state index in [0.29, 0.717) is 16.5 Å². The molecule has 3 nitrogen and oxygen atoms in total. The summed E-state index contributed by atoms with van der Waals surface area (Å²) in [5.41, 5.74) is 0.883. The van der Waals surface area contributed by atoms with Crippen molar-refractivity contribution < 1.29 is 9.21 Å². The maximum Gasteiger partial charge on any atom is 0.289 e. The van der Waals surface area contributed by atoms with Crippen molar-refractivity contribution in [3.8, 4) is 11.3 Å². The SMILES string of the molecule is CC1CCCCN1C(=O)c1ccc(-c2cccc(Cl)c2)o1. The molecule has 1 atom stereocenters. The lowest BCUT2D eigenvalue weighted by molar-refractivity contribution is 0.0604. The van der Waals surface area contributed by atoms with Crippen LogP contribution in [0.5, 0.6) is 0 Å². The molecule has 1 aliphatic heterocycles. The van der Waals surface area contributed by atoms with Crippen LogP contribution in [0.15, 0.2) is 40.8 Å². The van der Waals surface area contributed by atoms with Crippen LogP contribution in [0.4, 0.5) is 0 Å². The first-order valence-corrected chi connectivity index (χ1v) is 7.70. The average Bonchev–Trinajstić information content (AvgIpc) is 2.97. The summed E-state index contributed by atoms with van der Waals surface area (Å²) in [5, 5.41) is 0.654. The summed E-state index contributed by atoms with van der Waals surface area (Å²) in [7, 11) is 0. The largest absolute Gasteiger partial charge is 0.451 e. The van der Waals surface area contributed by atoms with Crippen LogP contribution >= 0.6 is 11.6 Å². The second kappa shape index (κ2) is 5.94. The Morgan fingerprint density at radius 3 is 2.90 bits per heavy atom. The van der Waals surface area contributed by atoms with Crippen molar-refractivity contribution in [3.63, 3.8) is 0 Å². The van der Waals surface area contributed by atoms with E-state index in [2.05, 4.69) is 6.92 Å². The molecule has 0 bridgehead atoms.